The molecule has 0 spiro atoms. The molecule has 1 N–H and O–H groups in total. The van der Waals surface area contributed by atoms with Gasteiger partial charge >= 0.3 is 0 Å². The molecule has 3 aromatic rings. The fourth-order valence-electron chi connectivity index (χ4n) is 3.39. The number of aromatic nitrogens is 4. The van der Waals surface area contributed by atoms with Crippen molar-refractivity contribution >= 4 is 16.9 Å². The van der Waals surface area contributed by atoms with Crippen molar-refractivity contribution in [2.24, 2.45) is 0 Å². The van der Waals surface area contributed by atoms with E-state index in [0.717, 1.165) is 36.4 Å². The summed E-state index contributed by atoms with van der Waals surface area (Å²) in [5.74, 6) is 2.28. The molecule has 0 radical (unpaired) electrons. The molecule has 0 unspecified atom stereocenters. The van der Waals surface area contributed by atoms with E-state index in [2.05, 4.69) is 39.1 Å². The quantitative estimate of drug-likeness (QED) is 0.788. The summed E-state index contributed by atoms with van der Waals surface area (Å²) < 4.78 is 7.41. The summed E-state index contributed by atoms with van der Waals surface area (Å²) in [6.07, 6.45) is 1.93. The highest BCUT2D eigenvalue weighted by Gasteiger charge is 2.25. The fourth-order valence-corrected chi connectivity index (χ4v) is 3.39. The van der Waals surface area contributed by atoms with E-state index in [1.54, 1.807) is 0 Å². The molecular formula is C18H21N5O2. The molecule has 1 atom stereocenters. The minimum absolute atomic E-state index is 0.0355. The molecule has 1 aliphatic rings. The molecule has 1 amide bonds. The molecule has 0 saturated carbocycles. The van der Waals surface area contributed by atoms with Crippen LogP contribution in [-0.4, -0.2) is 31.9 Å². The fraction of sp³-hybridized carbons (Fsp3) is 0.444. The number of fused-ring (bicyclic) bond motifs is 2. The zero-order chi connectivity index (χ0) is 17.4. The Morgan fingerprint density at radius 3 is 3.04 bits per heavy atom. The van der Waals surface area contributed by atoms with Crippen LogP contribution < -0.4 is 5.32 Å². The Balaban J connectivity index is 1.44. The number of nitrogens with zero attached hydrogens (tertiary/aromatic N) is 4. The van der Waals surface area contributed by atoms with Crippen LogP contribution in [0.2, 0.25) is 0 Å². The lowest BCUT2D eigenvalue weighted by molar-refractivity contribution is -0.121. The van der Waals surface area contributed by atoms with Crippen LogP contribution >= 0.6 is 0 Å². The highest BCUT2D eigenvalue weighted by molar-refractivity contribution is 5.86. The van der Waals surface area contributed by atoms with Crippen molar-refractivity contribution in [3.63, 3.8) is 0 Å². The van der Waals surface area contributed by atoms with Gasteiger partial charge in [0.15, 0.2) is 5.58 Å². The number of carbonyl (C=O) groups is 1. The number of hydrogen-bond acceptors (Lipinski definition) is 5. The number of para-hydroxylation sites is 1. The van der Waals surface area contributed by atoms with E-state index in [0.29, 0.717) is 17.2 Å². The van der Waals surface area contributed by atoms with Gasteiger partial charge in [-0.2, -0.15) is 0 Å². The Hall–Kier alpha value is -2.70. The molecule has 1 aromatic carbocycles. The second-order valence-corrected chi connectivity index (χ2v) is 6.85. The topological polar surface area (TPSA) is 85.8 Å². The summed E-state index contributed by atoms with van der Waals surface area (Å²) >= 11 is 0. The number of benzene rings is 1. The first-order chi connectivity index (χ1) is 12.1. The van der Waals surface area contributed by atoms with Gasteiger partial charge in [0.25, 0.3) is 0 Å². The van der Waals surface area contributed by atoms with Crippen molar-refractivity contribution < 1.29 is 9.32 Å². The number of amides is 1. The van der Waals surface area contributed by atoms with E-state index in [9.17, 15) is 4.79 Å². The first kappa shape index (κ1) is 15.8. The highest BCUT2D eigenvalue weighted by Crippen LogP contribution is 2.21. The Morgan fingerprint density at radius 1 is 1.36 bits per heavy atom. The molecule has 4 rings (SSSR count). The minimum Gasteiger partial charge on any atom is -0.356 e. The van der Waals surface area contributed by atoms with Crippen LogP contribution in [0.5, 0.6) is 0 Å². The van der Waals surface area contributed by atoms with Gasteiger partial charge in [0.1, 0.15) is 17.3 Å². The van der Waals surface area contributed by atoms with Gasteiger partial charge in [-0.3, -0.25) is 4.79 Å². The lowest BCUT2D eigenvalue weighted by atomic mass is 10.1. The van der Waals surface area contributed by atoms with Crippen molar-refractivity contribution in [3.05, 3.63) is 41.6 Å². The van der Waals surface area contributed by atoms with Gasteiger partial charge in [0.05, 0.1) is 6.42 Å². The van der Waals surface area contributed by atoms with E-state index in [-0.39, 0.29) is 18.4 Å². The number of rotatable bonds is 4. The summed E-state index contributed by atoms with van der Waals surface area (Å²) in [6, 6.07) is 7.68. The van der Waals surface area contributed by atoms with Gasteiger partial charge in [-0.05, 0) is 18.6 Å². The number of carbonyl (C=O) groups excluding carboxylic acids is 1. The maximum Gasteiger partial charge on any atom is 0.226 e. The zero-order valence-electron chi connectivity index (χ0n) is 14.4. The molecule has 0 saturated heterocycles. The molecule has 1 aliphatic heterocycles. The van der Waals surface area contributed by atoms with Gasteiger partial charge in [-0.25, -0.2) is 0 Å². The lowest BCUT2D eigenvalue weighted by Gasteiger charge is -2.25. The van der Waals surface area contributed by atoms with Gasteiger partial charge in [0.2, 0.25) is 5.91 Å². The summed E-state index contributed by atoms with van der Waals surface area (Å²) in [4.78, 5) is 12.5. The Morgan fingerprint density at radius 2 is 2.20 bits per heavy atom. The third-order valence-corrected chi connectivity index (χ3v) is 4.64. The maximum absolute atomic E-state index is 12.5. The smallest absolute Gasteiger partial charge is 0.226 e. The van der Waals surface area contributed by atoms with Gasteiger partial charge < -0.3 is 14.4 Å². The Kier molecular flexibility index (Phi) is 3.99. The van der Waals surface area contributed by atoms with Crippen molar-refractivity contribution in [2.45, 2.75) is 51.6 Å². The predicted molar refractivity (Wildman–Crippen MR) is 92.1 cm³/mol. The normalized spacial score (nSPS) is 17.0. The summed E-state index contributed by atoms with van der Waals surface area (Å²) in [5, 5.41) is 16.6. The van der Waals surface area contributed by atoms with E-state index >= 15 is 0 Å². The number of hydrogen-bond donors (Lipinski definition) is 1. The standard InChI is InChI=1S/C18H21N5O2/c1-11(2)18-21-20-16-8-7-12(10-23(16)18)19-17(24)9-14-13-5-3-4-6-15(13)25-22-14/h3-6,11-12H,7-10H2,1-2H3,(H,19,24)/t12-/m1/s1. The van der Waals surface area contributed by atoms with Gasteiger partial charge in [-0.1, -0.05) is 31.1 Å². The van der Waals surface area contributed by atoms with Crippen molar-refractivity contribution in [3.8, 4) is 0 Å². The average Bonchev–Trinajstić information content (AvgIpc) is 3.19. The molecule has 3 heterocycles. The lowest BCUT2D eigenvalue weighted by Crippen LogP contribution is -2.42. The average molecular weight is 339 g/mol. The summed E-state index contributed by atoms with van der Waals surface area (Å²) in [6.45, 7) is 4.94. The van der Waals surface area contributed by atoms with Gasteiger partial charge in [-0.15, -0.1) is 10.2 Å². The first-order valence-corrected chi connectivity index (χ1v) is 8.66. The third kappa shape index (κ3) is 3.01. The SMILES string of the molecule is CC(C)c1nnc2n1C[C@H](NC(=O)Cc1noc3ccccc13)CC2. The van der Waals surface area contributed by atoms with E-state index in [1.807, 2.05) is 24.3 Å². The Bertz CT molecular complexity index is 911. The molecule has 25 heavy (non-hydrogen) atoms. The largest absolute Gasteiger partial charge is 0.356 e. The first-order valence-electron chi connectivity index (χ1n) is 8.66. The molecule has 0 fully saturated rings. The van der Waals surface area contributed by atoms with Crippen LogP contribution in [0.25, 0.3) is 11.0 Å². The van der Waals surface area contributed by atoms with Crippen molar-refractivity contribution in [1.82, 2.24) is 25.2 Å². The van der Waals surface area contributed by atoms with E-state index in [4.69, 9.17) is 4.52 Å². The second-order valence-electron chi connectivity index (χ2n) is 6.85. The van der Waals surface area contributed by atoms with Crippen LogP contribution in [0.3, 0.4) is 0 Å². The maximum atomic E-state index is 12.5. The monoisotopic (exact) mass is 339 g/mol. The molecular weight excluding hydrogens is 318 g/mol. The molecule has 7 nitrogen and oxygen atoms in total. The Labute approximate surface area is 145 Å². The van der Waals surface area contributed by atoms with Crippen molar-refractivity contribution in [2.75, 3.05) is 0 Å². The highest BCUT2D eigenvalue weighted by atomic mass is 16.5. The molecule has 130 valence electrons. The molecule has 0 bridgehead atoms. The number of aryl methyl sites for hydroxylation is 1. The minimum atomic E-state index is -0.0355. The second kappa shape index (κ2) is 6.31. The van der Waals surface area contributed by atoms with Crippen LogP contribution in [0.1, 0.15) is 43.5 Å². The third-order valence-electron chi connectivity index (χ3n) is 4.64. The van der Waals surface area contributed by atoms with E-state index in [1.165, 1.54) is 0 Å². The predicted octanol–water partition coefficient (Wildman–Crippen LogP) is 2.22. The van der Waals surface area contributed by atoms with Crippen molar-refractivity contribution in [1.29, 1.82) is 0 Å². The summed E-state index contributed by atoms with van der Waals surface area (Å²) in [5.41, 5.74) is 1.38. The molecule has 0 aliphatic carbocycles. The zero-order valence-corrected chi connectivity index (χ0v) is 14.4. The van der Waals surface area contributed by atoms with Crippen LogP contribution in [-0.2, 0) is 24.2 Å². The number of nitrogens with one attached hydrogen (secondary N) is 1. The van der Waals surface area contributed by atoms with Crippen LogP contribution in [0, 0.1) is 0 Å². The van der Waals surface area contributed by atoms with Crippen LogP contribution in [0.4, 0.5) is 0 Å². The van der Waals surface area contributed by atoms with E-state index < -0.39 is 0 Å². The van der Waals surface area contributed by atoms with Gasteiger partial charge in [0, 0.05) is 30.3 Å². The molecule has 7 heteroatoms. The molecule has 2 aromatic heterocycles. The van der Waals surface area contributed by atoms with Crippen LogP contribution in [0.15, 0.2) is 28.8 Å². The summed E-state index contributed by atoms with van der Waals surface area (Å²) in [7, 11) is 0.